The standard InChI is InChI=1S/C10H11ClN2/c1-3-13(2)10-6-9(11)5-4-8(10)7-12/h4-6H,3H2,1-2H3. The number of anilines is 1. The van der Waals surface area contributed by atoms with Crippen LogP contribution in [-0.2, 0) is 0 Å². The molecule has 0 atom stereocenters. The molecule has 0 heterocycles. The Hall–Kier alpha value is -1.20. The van der Waals surface area contributed by atoms with Crippen LogP contribution in [0.15, 0.2) is 18.2 Å². The highest BCUT2D eigenvalue weighted by Gasteiger charge is 2.05. The third-order valence-electron chi connectivity index (χ3n) is 1.97. The molecule has 1 aromatic carbocycles. The zero-order chi connectivity index (χ0) is 9.84. The summed E-state index contributed by atoms with van der Waals surface area (Å²) in [6.07, 6.45) is 0. The zero-order valence-electron chi connectivity index (χ0n) is 7.71. The molecule has 0 saturated heterocycles. The van der Waals surface area contributed by atoms with Crippen molar-refractivity contribution < 1.29 is 0 Å². The lowest BCUT2D eigenvalue weighted by Crippen LogP contribution is -2.16. The van der Waals surface area contributed by atoms with Gasteiger partial charge in [-0.1, -0.05) is 11.6 Å². The average Bonchev–Trinajstić information content (AvgIpc) is 2.16. The molecule has 2 nitrogen and oxygen atoms in total. The molecule has 0 N–H and O–H groups in total. The van der Waals surface area contributed by atoms with E-state index in [9.17, 15) is 0 Å². The van der Waals surface area contributed by atoms with Gasteiger partial charge in [-0.3, -0.25) is 0 Å². The summed E-state index contributed by atoms with van der Waals surface area (Å²) in [5, 5.41) is 9.50. The normalized spacial score (nSPS) is 9.38. The Morgan fingerprint density at radius 3 is 2.77 bits per heavy atom. The van der Waals surface area contributed by atoms with E-state index in [2.05, 4.69) is 6.07 Å². The largest absolute Gasteiger partial charge is 0.374 e. The maximum absolute atomic E-state index is 8.83. The number of halogens is 1. The van der Waals surface area contributed by atoms with Crippen LogP contribution in [0, 0.1) is 11.3 Å². The van der Waals surface area contributed by atoms with Crippen molar-refractivity contribution in [3.8, 4) is 6.07 Å². The molecule has 0 radical (unpaired) electrons. The van der Waals surface area contributed by atoms with E-state index in [1.807, 2.05) is 24.9 Å². The number of hydrogen-bond donors (Lipinski definition) is 0. The van der Waals surface area contributed by atoms with E-state index >= 15 is 0 Å². The van der Waals surface area contributed by atoms with Crippen LogP contribution in [0.5, 0.6) is 0 Å². The molecule has 13 heavy (non-hydrogen) atoms. The number of hydrogen-bond acceptors (Lipinski definition) is 2. The lowest BCUT2D eigenvalue weighted by atomic mass is 10.2. The molecule has 0 aromatic heterocycles. The van der Waals surface area contributed by atoms with Gasteiger partial charge in [-0.15, -0.1) is 0 Å². The molecule has 1 aromatic rings. The minimum Gasteiger partial charge on any atom is -0.374 e. The van der Waals surface area contributed by atoms with Crippen LogP contribution < -0.4 is 4.90 Å². The van der Waals surface area contributed by atoms with Crippen molar-refractivity contribution in [2.75, 3.05) is 18.5 Å². The van der Waals surface area contributed by atoms with Crippen LogP contribution >= 0.6 is 11.6 Å². The molecule has 68 valence electrons. The van der Waals surface area contributed by atoms with Crippen molar-refractivity contribution >= 4 is 17.3 Å². The SMILES string of the molecule is CCN(C)c1cc(Cl)ccc1C#N. The first-order valence-corrected chi connectivity index (χ1v) is 4.47. The van der Waals surface area contributed by atoms with Gasteiger partial charge in [0.15, 0.2) is 0 Å². The van der Waals surface area contributed by atoms with Crippen LogP contribution in [0.3, 0.4) is 0 Å². The van der Waals surface area contributed by atoms with Gasteiger partial charge in [0, 0.05) is 18.6 Å². The Balaban J connectivity index is 3.17. The molecule has 0 fully saturated rings. The van der Waals surface area contributed by atoms with Gasteiger partial charge in [0.1, 0.15) is 6.07 Å². The summed E-state index contributed by atoms with van der Waals surface area (Å²) in [7, 11) is 1.94. The van der Waals surface area contributed by atoms with Crippen molar-refractivity contribution in [2.45, 2.75) is 6.92 Å². The Kier molecular flexibility index (Phi) is 3.16. The maximum Gasteiger partial charge on any atom is 0.101 e. The fourth-order valence-electron chi connectivity index (χ4n) is 1.09. The highest BCUT2D eigenvalue weighted by atomic mass is 35.5. The summed E-state index contributed by atoms with van der Waals surface area (Å²) in [5.41, 5.74) is 1.55. The minimum atomic E-state index is 0.661. The molecule has 1 rings (SSSR count). The number of benzene rings is 1. The monoisotopic (exact) mass is 194 g/mol. The molecule has 3 heteroatoms. The second-order valence-electron chi connectivity index (χ2n) is 2.79. The van der Waals surface area contributed by atoms with Crippen molar-refractivity contribution in [1.29, 1.82) is 5.26 Å². The van der Waals surface area contributed by atoms with Crippen molar-refractivity contribution in [3.05, 3.63) is 28.8 Å². The Morgan fingerprint density at radius 2 is 2.23 bits per heavy atom. The molecule has 0 amide bonds. The van der Waals surface area contributed by atoms with Crippen LogP contribution in [-0.4, -0.2) is 13.6 Å². The molecule has 0 saturated carbocycles. The predicted molar refractivity (Wildman–Crippen MR) is 55.1 cm³/mol. The maximum atomic E-state index is 8.83. The first-order valence-electron chi connectivity index (χ1n) is 4.09. The molecule has 0 unspecified atom stereocenters. The Morgan fingerprint density at radius 1 is 1.54 bits per heavy atom. The summed E-state index contributed by atoms with van der Waals surface area (Å²) in [6.45, 7) is 2.89. The smallest absolute Gasteiger partial charge is 0.101 e. The number of nitrogens with zero attached hydrogens (tertiary/aromatic N) is 2. The third-order valence-corrected chi connectivity index (χ3v) is 2.20. The van der Waals surface area contributed by atoms with Crippen LogP contribution in [0.1, 0.15) is 12.5 Å². The quantitative estimate of drug-likeness (QED) is 0.724. The molecule has 0 aliphatic carbocycles. The predicted octanol–water partition coefficient (Wildman–Crippen LogP) is 2.67. The molecule has 0 bridgehead atoms. The van der Waals surface area contributed by atoms with Crippen molar-refractivity contribution in [1.82, 2.24) is 0 Å². The first kappa shape index (κ1) is 9.88. The Bertz CT molecular complexity index is 341. The fourth-order valence-corrected chi connectivity index (χ4v) is 1.25. The van der Waals surface area contributed by atoms with Crippen molar-refractivity contribution in [3.63, 3.8) is 0 Å². The highest BCUT2D eigenvalue weighted by molar-refractivity contribution is 6.30. The van der Waals surface area contributed by atoms with Gasteiger partial charge < -0.3 is 4.90 Å². The molecular weight excluding hydrogens is 184 g/mol. The van der Waals surface area contributed by atoms with Crippen LogP contribution in [0.4, 0.5) is 5.69 Å². The third kappa shape index (κ3) is 2.13. The zero-order valence-corrected chi connectivity index (χ0v) is 8.47. The van der Waals surface area contributed by atoms with Gasteiger partial charge in [0.25, 0.3) is 0 Å². The fraction of sp³-hybridized carbons (Fsp3) is 0.300. The highest BCUT2D eigenvalue weighted by Crippen LogP contribution is 2.22. The van der Waals surface area contributed by atoms with Gasteiger partial charge in [-0.25, -0.2) is 0 Å². The summed E-state index contributed by atoms with van der Waals surface area (Å²) in [5.74, 6) is 0. The second-order valence-corrected chi connectivity index (χ2v) is 3.22. The summed E-state index contributed by atoms with van der Waals surface area (Å²) in [6, 6.07) is 7.42. The lowest BCUT2D eigenvalue weighted by molar-refractivity contribution is 0.965. The lowest BCUT2D eigenvalue weighted by Gasteiger charge is -2.18. The first-order chi connectivity index (χ1) is 6.19. The van der Waals surface area contributed by atoms with E-state index in [1.165, 1.54) is 0 Å². The van der Waals surface area contributed by atoms with E-state index in [4.69, 9.17) is 16.9 Å². The van der Waals surface area contributed by atoms with Gasteiger partial charge in [0.2, 0.25) is 0 Å². The molecule has 0 aliphatic heterocycles. The number of rotatable bonds is 2. The summed E-state index contributed by atoms with van der Waals surface area (Å²) >= 11 is 5.84. The van der Waals surface area contributed by atoms with Gasteiger partial charge in [-0.2, -0.15) is 5.26 Å². The minimum absolute atomic E-state index is 0.661. The topological polar surface area (TPSA) is 27.0 Å². The van der Waals surface area contributed by atoms with E-state index in [0.717, 1.165) is 12.2 Å². The summed E-state index contributed by atoms with van der Waals surface area (Å²) in [4.78, 5) is 1.99. The van der Waals surface area contributed by atoms with E-state index in [-0.39, 0.29) is 0 Å². The molecule has 0 aliphatic rings. The molecule has 0 spiro atoms. The Labute approximate surface area is 83.3 Å². The van der Waals surface area contributed by atoms with Crippen LogP contribution in [0.25, 0.3) is 0 Å². The van der Waals surface area contributed by atoms with Crippen LogP contribution in [0.2, 0.25) is 5.02 Å². The molecular formula is C10H11ClN2. The van der Waals surface area contributed by atoms with E-state index < -0.39 is 0 Å². The summed E-state index contributed by atoms with van der Waals surface area (Å²) < 4.78 is 0. The van der Waals surface area contributed by atoms with Crippen molar-refractivity contribution in [2.24, 2.45) is 0 Å². The van der Waals surface area contributed by atoms with E-state index in [0.29, 0.717) is 10.6 Å². The van der Waals surface area contributed by atoms with Gasteiger partial charge in [0.05, 0.1) is 11.3 Å². The van der Waals surface area contributed by atoms with Gasteiger partial charge in [-0.05, 0) is 25.1 Å². The average molecular weight is 195 g/mol. The van der Waals surface area contributed by atoms with E-state index in [1.54, 1.807) is 12.1 Å². The number of nitriles is 1. The second kappa shape index (κ2) is 4.15. The van der Waals surface area contributed by atoms with Gasteiger partial charge >= 0.3 is 0 Å².